The molecule has 0 N–H and O–H groups in total. The van der Waals surface area contributed by atoms with Crippen molar-refractivity contribution in [1.82, 2.24) is 9.97 Å². The fourth-order valence-corrected chi connectivity index (χ4v) is 1.69. The van der Waals surface area contributed by atoms with E-state index in [4.69, 9.17) is 0 Å². The molecule has 0 aromatic carbocycles. The Morgan fingerprint density at radius 2 is 1.79 bits per heavy atom. The molecule has 0 bridgehead atoms. The molecule has 0 atom stereocenters. The van der Waals surface area contributed by atoms with Gasteiger partial charge in [0.15, 0.2) is 0 Å². The van der Waals surface area contributed by atoms with Crippen molar-refractivity contribution in [3.05, 3.63) is 42.0 Å². The highest BCUT2D eigenvalue weighted by molar-refractivity contribution is 6.17. The van der Waals surface area contributed by atoms with E-state index in [1.165, 1.54) is 6.08 Å². The highest BCUT2D eigenvalue weighted by Gasteiger charge is 2.15. The van der Waals surface area contributed by atoms with Crippen LogP contribution in [0.2, 0.25) is 0 Å². The van der Waals surface area contributed by atoms with E-state index in [1.807, 2.05) is 12.1 Å². The Morgan fingerprint density at radius 3 is 2.64 bits per heavy atom. The monoisotopic (exact) mass is 182 g/mol. The molecule has 0 radical (unpaired) electrons. The van der Waals surface area contributed by atoms with Crippen LogP contribution in [0, 0.1) is 0 Å². The Balaban J connectivity index is 2.58. The molecule has 3 heteroatoms. The van der Waals surface area contributed by atoms with E-state index >= 15 is 0 Å². The lowest BCUT2D eigenvalue weighted by molar-refractivity contribution is 0.104. The van der Waals surface area contributed by atoms with Crippen molar-refractivity contribution in [3.8, 4) is 0 Å². The molecular weight excluding hydrogens is 176 g/mol. The zero-order valence-corrected chi connectivity index (χ0v) is 7.27. The summed E-state index contributed by atoms with van der Waals surface area (Å²) < 4.78 is 0. The quantitative estimate of drug-likeness (QED) is 0.624. The van der Waals surface area contributed by atoms with Crippen LogP contribution in [0.5, 0.6) is 0 Å². The summed E-state index contributed by atoms with van der Waals surface area (Å²) in [4.78, 5) is 19.8. The summed E-state index contributed by atoms with van der Waals surface area (Å²) in [6.45, 7) is 0. The lowest BCUT2D eigenvalue weighted by atomic mass is 10.0. The minimum absolute atomic E-state index is 0.0453. The molecule has 3 rings (SSSR count). The van der Waals surface area contributed by atoms with Crippen molar-refractivity contribution in [1.29, 1.82) is 0 Å². The predicted molar refractivity (Wildman–Crippen MR) is 52.9 cm³/mol. The zero-order valence-electron chi connectivity index (χ0n) is 7.27. The van der Waals surface area contributed by atoms with Crippen LogP contribution in [0.15, 0.2) is 30.6 Å². The maximum Gasteiger partial charge on any atom is 0.204 e. The van der Waals surface area contributed by atoms with Gasteiger partial charge >= 0.3 is 0 Å². The van der Waals surface area contributed by atoms with Crippen LogP contribution < -0.4 is 0 Å². The molecule has 0 amide bonds. The van der Waals surface area contributed by atoms with Gasteiger partial charge in [0.1, 0.15) is 5.69 Å². The Labute approximate surface area is 80.1 Å². The van der Waals surface area contributed by atoms with Gasteiger partial charge in [0, 0.05) is 17.8 Å². The molecule has 0 unspecified atom stereocenters. The Bertz CT molecular complexity index is 567. The third-order valence-electron chi connectivity index (χ3n) is 2.33. The maximum absolute atomic E-state index is 11.5. The molecule has 1 aliphatic rings. The second-order valence-electron chi connectivity index (χ2n) is 3.15. The largest absolute Gasteiger partial charge is 0.288 e. The number of pyridine rings is 2. The van der Waals surface area contributed by atoms with Crippen molar-refractivity contribution in [2.24, 2.45) is 0 Å². The van der Waals surface area contributed by atoms with E-state index in [9.17, 15) is 4.79 Å². The van der Waals surface area contributed by atoms with Crippen LogP contribution in [0.1, 0.15) is 16.2 Å². The van der Waals surface area contributed by atoms with E-state index in [1.54, 1.807) is 18.5 Å². The molecule has 0 aliphatic heterocycles. The fourth-order valence-electron chi connectivity index (χ4n) is 1.69. The molecule has 0 spiro atoms. The van der Waals surface area contributed by atoms with Gasteiger partial charge in [0.2, 0.25) is 5.78 Å². The van der Waals surface area contributed by atoms with E-state index in [0.29, 0.717) is 5.69 Å². The van der Waals surface area contributed by atoms with Crippen LogP contribution in [0.25, 0.3) is 16.8 Å². The number of aromatic nitrogens is 2. The van der Waals surface area contributed by atoms with Crippen molar-refractivity contribution in [2.45, 2.75) is 0 Å². The molecule has 0 saturated heterocycles. The van der Waals surface area contributed by atoms with Gasteiger partial charge in [-0.1, -0.05) is 0 Å². The number of allylic oxidation sites excluding steroid dienone is 1. The lowest BCUT2D eigenvalue weighted by Gasteiger charge is -2.08. The molecule has 66 valence electrons. The summed E-state index contributed by atoms with van der Waals surface area (Å²) in [5.74, 6) is -0.0453. The van der Waals surface area contributed by atoms with Gasteiger partial charge in [-0.05, 0) is 29.7 Å². The second kappa shape index (κ2) is 2.48. The molecule has 2 heterocycles. The van der Waals surface area contributed by atoms with Crippen LogP contribution in [0.4, 0.5) is 0 Å². The summed E-state index contributed by atoms with van der Waals surface area (Å²) in [5.41, 5.74) is 1.33. The molecule has 2 aromatic rings. The molecule has 1 aliphatic carbocycles. The third-order valence-corrected chi connectivity index (χ3v) is 2.33. The van der Waals surface area contributed by atoms with Crippen molar-refractivity contribution < 1.29 is 4.79 Å². The first-order valence-electron chi connectivity index (χ1n) is 4.32. The number of nitrogens with zero attached hydrogens (tertiary/aromatic N) is 2. The van der Waals surface area contributed by atoms with E-state index in [0.717, 1.165) is 16.5 Å². The molecule has 3 nitrogen and oxygen atoms in total. The van der Waals surface area contributed by atoms with Crippen LogP contribution in [-0.4, -0.2) is 15.8 Å². The number of hydrogen-bond donors (Lipinski definition) is 0. The average Bonchev–Trinajstić information content (AvgIpc) is 2.24. The summed E-state index contributed by atoms with van der Waals surface area (Å²) in [7, 11) is 0. The highest BCUT2D eigenvalue weighted by Crippen LogP contribution is 2.24. The van der Waals surface area contributed by atoms with E-state index < -0.39 is 0 Å². The van der Waals surface area contributed by atoms with Crippen molar-refractivity contribution in [3.63, 3.8) is 0 Å². The van der Waals surface area contributed by atoms with Gasteiger partial charge in [-0.25, -0.2) is 0 Å². The number of hydrogen-bond acceptors (Lipinski definition) is 3. The van der Waals surface area contributed by atoms with Crippen molar-refractivity contribution in [2.75, 3.05) is 0 Å². The smallest absolute Gasteiger partial charge is 0.204 e. The first-order valence-corrected chi connectivity index (χ1v) is 4.32. The zero-order chi connectivity index (χ0) is 9.54. The topological polar surface area (TPSA) is 42.9 Å². The number of carbonyl (C=O) groups excluding carboxylic acids is 1. The van der Waals surface area contributed by atoms with E-state index in [-0.39, 0.29) is 5.78 Å². The average molecular weight is 182 g/mol. The second-order valence-corrected chi connectivity index (χ2v) is 3.15. The van der Waals surface area contributed by atoms with E-state index in [2.05, 4.69) is 9.97 Å². The van der Waals surface area contributed by atoms with Gasteiger partial charge < -0.3 is 0 Å². The predicted octanol–water partition coefficient (Wildman–Crippen LogP) is 1.84. The standard InChI is InChI=1S/C11H6N2O/c14-9-2-1-8-10-7(3-5-12-8)4-6-13-11(9)10/h1-6H. The number of rotatable bonds is 0. The molecule has 0 saturated carbocycles. The summed E-state index contributed by atoms with van der Waals surface area (Å²) in [6, 6.07) is 3.77. The van der Waals surface area contributed by atoms with Gasteiger partial charge in [-0.3, -0.25) is 14.8 Å². The summed E-state index contributed by atoms with van der Waals surface area (Å²) in [5, 5.41) is 1.88. The number of carbonyl (C=O) groups is 1. The number of ketones is 1. The first-order chi connectivity index (χ1) is 6.86. The first kappa shape index (κ1) is 7.38. The van der Waals surface area contributed by atoms with Crippen LogP contribution in [0.3, 0.4) is 0 Å². The minimum atomic E-state index is -0.0453. The Kier molecular flexibility index (Phi) is 1.31. The third kappa shape index (κ3) is 0.836. The van der Waals surface area contributed by atoms with Crippen molar-refractivity contribution >= 4 is 22.6 Å². The fraction of sp³-hybridized carbons (Fsp3) is 0. The summed E-state index contributed by atoms with van der Waals surface area (Å²) in [6.07, 6.45) is 6.64. The summed E-state index contributed by atoms with van der Waals surface area (Å²) >= 11 is 0. The maximum atomic E-state index is 11.5. The Hall–Kier alpha value is -2.03. The van der Waals surface area contributed by atoms with Gasteiger partial charge in [-0.15, -0.1) is 0 Å². The normalized spacial score (nSPS) is 13.6. The van der Waals surface area contributed by atoms with Crippen LogP contribution >= 0.6 is 0 Å². The molecular formula is C11H6N2O. The minimum Gasteiger partial charge on any atom is -0.288 e. The lowest BCUT2D eigenvalue weighted by Crippen LogP contribution is -2.05. The SMILES string of the molecule is O=C1C=Cc2nccc3ccnc1c23. The van der Waals surface area contributed by atoms with Gasteiger partial charge in [-0.2, -0.15) is 0 Å². The van der Waals surface area contributed by atoms with Crippen LogP contribution in [-0.2, 0) is 0 Å². The van der Waals surface area contributed by atoms with Gasteiger partial charge in [0.05, 0.1) is 5.69 Å². The molecule has 2 aromatic heterocycles. The Morgan fingerprint density at radius 1 is 1.00 bits per heavy atom. The highest BCUT2D eigenvalue weighted by atomic mass is 16.1. The van der Waals surface area contributed by atoms with Gasteiger partial charge in [0.25, 0.3) is 0 Å². The molecule has 0 fully saturated rings. The molecule has 14 heavy (non-hydrogen) atoms.